The molecule has 0 aliphatic carbocycles. The predicted octanol–water partition coefficient (Wildman–Crippen LogP) is 2.49. The molecule has 1 aliphatic heterocycles. The Morgan fingerprint density at radius 2 is 2.10 bits per heavy atom. The predicted molar refractivity (Wildman–Crippen MR) is 101 cm³/mol. The summed E-state index contributed by atoms with van der Waals surface area (Å²) in [6.07, 6.45) is 5.18. The maximum atomic E-state index is 12.6. The SMILES string of the molecule is Cc1nccn1CCCNC(=O)C1CCC(=O)N1Cc1ccc(OC(F)F)cc1. The third kappa shape index (κ3) is 5.52. The number of nitrogens with zero attached hydrogens (tertiary/aromatic N) is 3. The van der Waals surface area contributed by atoms with Gasteiger partial charge in [-0.15, -0.1) is 0 Å². The van der Waals surface area contributed by atoms with Gasteiger partial charge in [0.1, 0.15) is 17.6 Å². The van der Waals surface area contributed by atoms with Gasteiger partial charge in [0, 0.05) is 38.4 Å². The highest BCUT2D eigenvalue weighted by molar-refractivity contribution is 5.90. The smallest absolute Gasteiger partial charge is 0.387 e. The van der Waals surface area contributed by atoms with Gasteiger partial charge >= 0.3 is 6.61 Å². The van der Waals surface area contributed by atoms with Gasteiger partial charge in [-0.05, 0) is 37.5 Å². The van der Waals surface area contributed by atoms with E-state index >= 15 is 0 Å². The third-order valence-electron chi connectivity index (χ3n) is 4.93. The molecule has 1 aromatic heterocycles. The van der Waals surface area contributed by atoms with E-state index in [4.69, 9.17) is 0 Å². The van der Waals surface area contributed by atoms with Gasteiger partial charge in [0.25, 0.3) is 0 Å². The highest BCUT2D eigenvalue weighted by atomic mass is 19.3. The summed E-state index contributed by atoms with van der Waals surface area (Å²) in [6, 6.07) is 5.57. The van der Waals surface area contributed by atoms with Crippen LogP contribution in [0.3, 0.4) is 0 Å². The van der Waals surface area contributed by atoms with Gasteiger partial charge in [0.2, 0.25) is 11.8 Å². The van der Waals surface area contributed by atoms with Crippen LogP contribution in [0.1, 0.15) is 30.7 Å². The Kier molecular flexibility index (Phi) is 6.79. The molecule has 29 heavy (non-hydrogen) atoms. The fourth-order valence-electron chi connectivity index (χ4n) is 3.40. The van der Waals surface area contributed by atoms with Gasteiger partial charge in [0.05, 0.1) is 0 Å². The van der Waals surface area contributed by atoms with Crippen molar-refractivity contribution in [3.8, 4) is 5.75 Å². The van der Waals surface area contributed by atoms with E-state index in [-0.39, 0.29) is 24.1 Å². The number of ether oxygens (including phenoxy) is 1. The lowest BCUT2D eigenvalue weighted by molar-refractivity contribution is -0.135. The second-order valence-electron chi connectivity index (χ2n) is 6.91. The molecule has 2 amide bonds. The van der Waals surface area contributed by atoms with Crippen LogP contribution in [0.15, 0.2) is 36.7 Å². The Bertz CT molecular complexity index is 839. The lowest BCUT2D eigenvalue weighted by atomic mass is 10.1. The zero-order valence-electron chi connectivity index (χ0n) is 16.2. The number of alkyl halides is 2. The minimum Gasteiger partial charge on any atom is -0.435 e. The van der Waals surface area contributed by atoms with Crippen LogP contribution in [-0.4, -0.2) is 45.5 Å². The molecule has 1 N–H and O–H groups in total. The number of halogens is 2. The van der Waals surface area contributed by atoms with Crippen LogP contribution in [0, 0.1) is 6.92 Å². The Morgan fingerprint density at radius 1 is 1.34 bits per heavy atom. The molecule has 1 saturated heterocycles. The highest BCUT2D eigenvalue weighted by Crippen LogP contribution is 2.23. The number of aromatic nitrogens is 2. The van der Waals surface area contributed by atoms with Gasteiger partial charge in [-0.3, -0.25) is 9.59 Å². The first kappa shape index (κ1) is 20.8. The molecule has 1 atom stereocenters. The molecule has 7 nitrogen and oxygen atoms in total. The van der Waals surface area contributed by atoms with Crippen molar-refractivity contribution in [2.75, 3.05) is 6.54 Å². The first-order valence-electron chi connectivity index (χ1n) is 9.52. The fourth-order valence-corrected chi connectivity index (χ4v) is 3.40. The normalized spacial score (nSPS) is 16.5. The molecular weight excluding hydrogens is 382 g/mol. The molecule has 0 bridgehead atoms. The van der Waals surface area contributed by atoms with Crippen molar-refractivity contribution in [2.24, 2.45) is 0 Å². The molecule has 1 fully saturated rings. The minimum absolute atomic E-state index is 0.0546. The van der Waals surface area contributed by atoms with Crippen LogP contribution in [0.2, 0.25) is 0 Å². The van der Waals surface area contributed by atoms with E-state index < -0.39 is 12.7 Å². The number of imidazole rings is 1. The summed E-state index contributed by atoms with van der Waals surface area (Å²) in [4.78, 5) is 30.5. The first-order valence-corrected chi connectivity index (χ1v) is 9.52. The Balaban J connectivity index is 1.51. The van der Waals surface area contributed by atoms with Crippen LogP contribution in [0.4, 0.5) is 8.78 Å². The van der Waals surface area contributed by atoms with Crippen molar-refractivity contribution < 1.29 is 23.1 Å². The van der Waals surface area contributed by atoms with Crippen LogP contribution < -0.4 is 10.1 Å². The van der Waals surface area contributed by atoms with Crippen LogP contribution in [0.25, 0.3) is 0 Å². The fraction of sp³-hybridized carbons (Fsp3) is 0.450. The Labute approximate surface area is 167 Å². The molecule has 1 unspecified atom stereocenters. The monoisotopic (exact) mass is 406 g/mol. The standard InChI is InChI=1S/C20H24F2N4O3/c1-14-23-10-12-25(14)11-2-9-24-19(28)17-7-8-18(27)26(17)13-15-3-5-16(6-4-15)29-20(21)22/h3-6,10,12,17,20H,2,7-9,11,13H2,1H3,(H,24,28). The molecule has 0 spiro atoms. The van der Waals surface area contributed by atoms with Gasteiger partial charge in [-0.25, -0.2) is 4.98 Å². The first-order chi connectivity index (χ1) is 13.9. The Morgan fingerprint density at radius 3 is 2.76 bits per heavy atom. The second-order valence-corrected chi connectivity index (χ2v) is 6.91. The quantitative estimate of drug-likeness (QED) is 0.649. The van der Waals surface area contributed by atoms with Gasteiger partial charge in [-0.2, -0.15) is 8.78 Å². The summed E-state index contributed by atoms with van der Waals surface area (Å²) < 4.78 is 30.8. The van der Waals surface area contributed by atoms with Crippen molar-refractivity contribution in [3.63, 3.8) is 0 Å². The Hall–Kier alpha value is -2.97. The maximum absolute atomic E-state index is 12.6. The topological polar surface area (TPSA) is 76.5 Å². The maximum Gasteiger partial charge on any atom is 0.387 e. The lowest BCUT2D eigenvalue weighted by Crippen LogP contribution is -2.44. The summed E-state index contributed by atoms with van der Waals surface area (Å²) in [7, 11) is 0. The molecular formula is C20H24F2N4O3. The number of hydrogen-bond donors (Lipinski definition) is 1. The average Bonchev–Trinajstić information content (AvgIpc) is 3.26. The van der Waals surface area contributed by atoms with Crippen LogP contribution >= 0.6 is 0 Å². The summed E-state index contributed by atoms with van der Waals surface area (Å²) in [5, 5.41) is 2.90. The molecule has 0 radical (unpaired) electrons. The van der Waals surface area contributed by atoms with E-state index in [1.807, 2.05) is 17.7 Å². The summed E-state index contributed by atoms with van der Waals surface area (Å²) in [5.41, 5.74) is 0.746. The van der Waals surface area contributed by atoms with Crippen molar-refractivity contribution in [1.82, 2.24) is 19.8 Å². The van der Waals surface area contributed by atoms with Crippen molar-refractivity contribution >= 4 is 11.8 Å². The molecule has 3 rings (SSSR count). The number of carbonyl (C=O) groups excluding carboxylic acids is 2. The molecule has 0 saturated carbocycles. The molecule has 1 aromatic carbocycles. The van der Waals surface area contributed by atoms with E-state index in [2.05, 4.69) is 15.0 Å². The highest BCUT2D eigenvalue weighted by Gasteiger charge is 2.35. The summed E-state index contributed by atoms with van der Waals surface area (Å²) in [6.45, 7) is 0.556. The molecule has 156 valence electrons. The van der Waals surface area contributed by atoms with E-state index in [9.17, 15) is 18.4 Å². The van der Waals surface area contributed by atoms with E-state index in [0.717, 1.165) is 24.4 Å². The van der Waals surface area contributed by atoms with Gasteiger partial charge < -0.3 is 19.5 Å². The van der Waals surface area contributed by atoms with E-state index in [1.54, 1.807) is 23.2 Å². The molecule has 2 heterocycles. The number of benzene rings is 1. The van der Waals surface area contributed by atoms with Crippen molar-refractivity contribution in [2.45, 2.75) is 51.9 Å². The van der Waals surface area contributed by atoms with Crippen molar-refractivity contribution in [1.29, 1.82) is 0 Å². The lowest BCUT2D eigenvalue weighted by Gasteiger charge is -2.24. The van der Waals surface area contributed by atoms with E-state index in [1.165, 1.54) is 12.1 Å². The average molecular weight is 406 g/mol. The van der Waals surface area contributed by atoms with Crippen molar-refractivity contribution in [3.05, 3.63) is 48.0 Å². The number of carbonyl (C=O) groups is 2. The number of rotatable bonds is 9. The van der Waals surface area contributed by atoms with Gasteiger partial charge in [0.15, 0.2) is 0 Å². The zero-order chi connectivity index (χ0) is 20.8. The van der Waals surface area contributed by atoms with Gasteiger partial charge in [-0.1, -0.05) is 12.1 Å². The number of amides is 2. The van der Waals surface area contributed by atoms with E-state index in [0.29, 0.717) is 19.4 Å². The summed E-state index contributed by atoms with van der Waals surface area (Å²) >= 11 is 0. The minimum atomic E-state index is -2.88. The second kappa shape index (κ2) is 9.49. The molecule has 9 heteroatoms. The van der Waals surface area contributed by atoms with Crippen LogP contribution in [0.5, 0.6) is 5.75 Å². The zero-order valence-corrected chi connectivity index (χ0v) is 16.2. The molecule has 2 aromatic rings. The number of aryl methyl sites for hydroxylation is 2. The van der Waals surface area contributed by atoms with Crippen LogP contribution in [-0.2, 0) is 22.7 Å². The number of hydrogen-bond acceptors (Lipinski definition) is 4. The molecule has 1 aliphatic rings. The number of likely N-dealkylation sites (tertiary alicyclic amines) is 1. The number of nitrogens with one attached hydrogen (secondary N) is 1. The summed E-state index contributed by atoms with van der Waals surface area (Å²) in [5.74, 6) is 0.718. The third-order valence-corrected chi connectivity index (χ3v) is 4.93. The largest absolute Gasteiger partial charge is 0.435 e.